The van der Waals surface area contributed by atoms with Crippen LogP contribution in [-0.4, -0.2) is 41.0 Å². The molecule has 0 unspecified atom stereocenters. The second-order valence-corrected chi connectivity index (χ2v) is 5.35. The van der Waals surface area contributed by atoms with E-state index in [4.69, 9.17) is 10.8 Å². The minimum absolute atomic E-state index is 0.0529. The largest absolute Gasteiger partial charge is 0.480 e. The molecular formula is C13H24N2O3. The fourth-order valence-electron chi connectivity index (χ4n) is 2.41. The molecule has 0 atom stereocenters. The molecule has 5 nitrogen and oxygen atoms in total. The molecule has 1 aliphatic carbocycles. The molecule has 0 heterocycles. The van der Waals surface area contributed by atoms with Gasteiger partial charge in [-0.15, -0.1) is 0 Å². The highest BCUT2D eigenvalue weighted by molar-refractivity contribution is 5.81. The van der Waals surface area contributed by atoms with Gasteiger partial charge in [-0.25, -0.2) is 0 Å². The summed E-state index contributed by atoms with van der Waals surface area (Å²) >= 11 is 0. The summed E-state index contributed by atoms with van der Waals surface area (Å²) in [6.07, 6.45) is 4.01. The number of nitrogens with zero attached hydrogens (tertiary/aromatic N) is 1. The minimum Gasteiger partial charge on any atom is -0.480 e. The van der Waals surface area contributed by atoms with Crippen molar-refractivity contribution in [1.29, 1.82) is 0 Å². The SMILES string of the molecule is CCCCN(C)C(=O)C1CCC(N)(C(=O)O)CC1. The molecule has 0 radical (unpaired) electrons. The third kappa shape index (κ3) is 3.45. The van der Waals surface area contributed by atoms with Crippen molar-refractivity contribution in [2.75, 3.05) is 13.6 Å². The van der Waals surface area contributed by atoms with Gasteiger partial charge in [-0.3, -0.25) is 9.59 Å². The Hall–Kier alpha value is -1.10. The third-order valence-corrected chi connectivity index (χ3v) is 3.88. The molecule has 1 aliphatic rings. The van der Waals surface area contributed by atoms with E-state index in [-0.39, 0.29) is 11.8 Å². The molecule has 1 amide bonds. The van der Waals surface area contributed by atoms with Crippen LogP contribution in [0, 0.1) is 5.92 Å². The maximum Gasteiger partial charge on any atom is 0.323 e. The Morgan fingerprint density at radius 3 is 2.39 bits per heavy atom. The highest BCUT2D eigenvalue weighted by Crippen LogP contribution is 2.31. The van der Waals surface area contributed by atoms with Gasteiger partial charge in [0.05, 0.1) is 0 Å². The summed E-state index contributed by atoms with van der Waals surface area (Å²) in [6.45, 7) is 2.87. The van der Waals surface area contributed by atoms with Crippen molar-refractivity contribution < 1.29 is 14.7 Å². The van der Waals surface area contributed by atoms with Gasteiger partial charge in [0.2, 0.25) is 5.91 Å². The number of hydrogen-bond acceptors (Lipinski definition) is 3. The molecule has 0 aromatic rings. The smallest absolute Gasteiger partial charge is 0.323 e. The molecule has 18 heavy (non-hydrogen) atoms. The van der Waals surface area contributed by atoms with E-state index < -0.39 is 11.5 Å². The number of carboxylic acid groups (broad SMARTS) is 1. The first-order chi connectivity index (χ1) is 8.40. The van der Waals surface area contributed by atoms with Crippen LogP contribution in [-0.2, 0) is 9.59 Å². The molecular weight excluding hydrogens is 232 g/mol. The Bertz CT molecular complexity index is 309. The quantitative estimate of drug-likeness (QED) is 0.774. The van der Waals surface area contributed by atoms with Crippen LogP contribution < -0.4 is 5.73 Å². The second-order valence-electron chi connectivity index (χ2n) is 5.35. The molecule has 3 N–H and O–H groups in total. The van der Waals surface area contributed by atoms with Crippen LogP contribution in [0.4, 0.5) is 0 Å². The van der Waals surface area contributed by atoms with E-state index in [2.05, 4.69) is 6.92 Å². The predicted octanol–water partition coefficient (Wildman–Crippen LogP) is 1.22. The number of carbonyl (C=O) groups is 2. The summed E-state index contributed by atoms with van der Waals surface area (Å²) in [7, 11) is 1.82. The number of carbonyl (C=O) groups excluding carboxylic acids is 1. The van der Waals surface area contributed by atoms with Gasteiger partial charge in [-0.05, 0) is 32.1 Å². The van der Waals surface area contributed by atoms with Crippen molar-refractivity contribution in [3.05, 3.63) is 0 Å². The maximum atomic E-state index is 12.1. The fraction of sp³-hybridized carbons (Fsp3) is 0.846. The monoisotopic (exact) mass is 256 g/mol. The molecule has 1 saturated carbocycles. The van der Waals surface area contributed by atoms with E-state index in [1.54, 1.807) is 4.90 Å². The van der Waals surface area contributed by atoms with E-state index in [9.17, 15) is 9.59 Å². The highest BCUT2D eigenvalue weighted by Gasteiger charge is 2.40. The molecule has 5 heteroatoms. The summed E-state index contributed by atoms with van der Waals surface area (Å²) in [4.78, 5) is 24.9. The maximum absolute atomic E-state index is 12.1. The van der Waals surface area contributed by atoms with E-state index in [0.717, 1.165) is 19.4 Å². The zero-order valence-corrected chi connectivity index (χ0v) is 11.3. The zero-order valence-electron chi connectivity index (χ0n) is 11.3. The summed E-state index contributed by atoms with van der Waals surface area (Å²) in [5.41, 5.74) is 4.67. The average Bonchev–Trinajstić information content (AvgIpc) is 2.35. The third-order valence-electron chi connectivity index (χ3n) is 3.88. The molecule has 0 aromatic heterocycles. The van der Waals surface area contributed by atoms with Gasteiger partial charge in [0, 0.05) is 19.5 Å². The van der Waals surface area contributed by atoms with Crippen LogP contribution in [0.15, 0.2) is 0 Å². The van der Waals surface area contributed by atoms with Crippen molar-refractivity contribution in [1.82, 2.24) is 4.90 Å². The molecule has 1 fully saturated rings. The van der Waals surface area contributed by atoms with Crippen molar-refractivity contribution in [2.45, 2.75) is 51.0 Å². The van der Waals surface area contributed by atoms with Gasteiger partial charge in [-0.2, -0.15) is 0 Å². The number of aliphatic carboxylic acids is 1. The predicted molar refractivity (Wildman–Crippen MR) is 69.1 cm³/mol. The van der Waals surface area contributed by atoms with Gasteiger partial charge in [0.1, 0.15) is 5.54 Å². The van der Waals surface area contributed by atoms with Crippen molar-refractivity contribution in [3.63, 3.8) is 0 Å². The standard InChI is InChI=1S/C13H24N2O3/c1-3-4-9-15(2)11(16)10-5-7-13(14,8-6-10)12(17)18/h10H,3-9,14H2,1-2H3,(H,17,18). The Kier molecular flexibility index (Phi) is 5.14. The molecule has 0 bridgehead atoms. The molecule has 0 aromatic carbocycles. The van der Waals surface area contributed by atoms with E-state index in [1.165, 1.54) is 0 Å². The Balaban J connectivity index is 2.47. The first-order valence-corrected chi connectivity index (χ1v) is 6.68. The van der Waals surface area contributed by atoms with Crippen LogP contribution in [0.25, 0.3) is 0 Å². The summed E-state index contributed by atoms with van der Waals surface area (Å²) in [5, 5.41) is 9.03. The lowest BCUT2D eigenvalue weighted by Gasteiger charge is -2.34. The number of rotatable bonds is 5. The fourth-order valence-corrected chi connectivity index (χ4v) is 2.41. The van der Waals surface area contributed by atoms with Crippen molar-refractivity contribution in [3.8, 4) is 0 Å². The second kappa shape index (κ2) is 6.18. The van der Waals surface area contributed by atoms with Crippen molar-refractivity contribution >= 4 is 11.9 Å². The first kappa shape index (κ1) is 15.0. The Morgan fingerprint density at radius 1 is 1.39 bits per heavy atom. The number of nitrogens with two attached hydrogens (primary N) is 1. The van der Waals surface area contributed by atoms with Crippen LogP contribution in [0.1, 0.15) is 45.4 Å². The number of carboxylic acids is 1. The molecule has 0 spiro atoms. The van der Waals surface area contributed by atoms with Gasteiger partial charge < -0.3 is 15.7 Å². The van der Waals surface area contributed by atoms with Crippen LogP contribution >= 0.6 is 0 Å². The first-order valence-electron chi connectivity index (χ1n) is 6.68. The van der Waals surface area contributed by atoms with Crippen LogP contribution in [0.3, 0.4) is 0 Å². The molecule has 0 aliphatic heterocycles. The summed E-state index contributed by atoms with van der Waals surface area (Å²) < 4.78 is 0. The van der Waals surface area contributed by atoms with Gasteiger partial charge in [-0.1, -0.05) is 13.3 Å². The van der Waals surface area contributed by atoms with Gasteiger partial charge >= 0.3 is 5.97 Å². The van der Waals surface area contributed by atoms with Crippen LogP contribution in [0.5, 0.6) is 0 Å². The van der Waals surface area contributed by atoms with E-state index in [0.29, 0.717) is 25.7 Å². The summed E-state index contributed by atoms with van der Waals surface area (Å²) in [6, 6.07) is 0. The normalized spacial score (nSPS) is 27.8. The number of unbranched alkanes of at least 4 members (excludes halogenated alkanes) is 1. The Morgan fingerprint density at radius 2 is 1.94 bits per heavy atom. The van der Waals surface area contributed by atoms with E-state index in [1.807, 2.05) is 7.05 Å². The Labute approximate surface area is 108 Å². The lowest BCUT2D eigenvalue weighted by Crippen LogP contribution is -2.51. The molecule has 0 saturated heterocycles. The minimum atomic E-state index is -1.13. The molecule has 104 valence electrons. The van der Waals surface area contributed by atoms with E-state index >= 15 is 0 Å². The van der Waals surface area contributed by atoms with Crippen molar-refractivity contribution in [2.24, 2.45) is 11.7 Å². The van der Waals surface area contributed by atoms with Crippen LogP contribution in [0.2, 0.25) is 0 Å². The van der Waals surface area contributed by atoms with Gasteiger partial charge in [0.15, 0.2) is 0 Å². The summed E-state index contributed by atoms with van der Waals surface area (Å²) in [5.74, 6) is -0.869. The molecule has 1 rings (SSSR count). The highest BCUT2D eigenvalue weighted by atomic mass is 16.4. The average molecular weight is 256 g/mol. The van der Waals surface area contributed by atoms with Gasteiger partial charge in [0.25, 0.3) is 0 Å². The number of hydrogen-bond donors (Lipinski definition) is 2. The number of amides is 1. The lowest BCUT2D eigenvalue weighted by atomic mass is 9.76. The zero-order chi connectivity index (χ0) is 13.8. The lowest BCUT2D eigenvalue weighted by molar-refractivity contribution is -0.147. The topological polar surface area (TPSA) is 83.6 Å².